The number of rotatable bonds is 5. The fraction of sp³-hybridized carbons (Fsp3) is 0.714. The number of hydrogen-bond acceptors (Lipinski definition) is 8. The summed E-state index contributed by atoms with van der Waals surface area (Å²) in [6.45, 7) is -0.433. The first-order valence-corrected chi connectivity index (χ1v) is 9.83. The van der Waals surface area contributed by atoms with Crippen molar-refractivity contribution >= 4 is 7.60 Å². The zero-order valence-corrected chi connectivity index (χ0v) is 16.5. The fourth-order valence-electron chi connectivity index (χ4n) is 2.33. The van der Waals surface area contributed by atoms with Gasteiger partial charge in [-0.25, -0.2) is 4.79 Å². The molecule has 1 aromatic heterocycles. The van der Waals surface area contributed by atoms with Crippen molar-refractivity contribution in [1.29, 1.82) is 0 Å². The van der Waals surface area contributed by atoms with Gasteiger partial charge in [-0.05, 0) is 0 Å². The van der Waals surface area contributed by atoms with Gasteiger partial charge in [-0.1, -0.05) is 0 Å². The van der Waals surface area contributed by atoms with E-state index in [-0.39, 0.29) is 6.54 Å². The van der Waals surface area contributed by atoms with Crippen molar-refractivity contribution in [3.63, 3.8) is 0 Å². The molecule has 1 unspecified atom stereocenters. The number of aromatic amines is 1. The van der Waals surface area contributed by atoms with E-state index >= 15 is 0 Å². The quantitative estimate of drug-likeness (QED) is 0.181. The van der Waals surface area contributed by atoms with Gasteiger partial charge in [0.15, 0.2) is 6.23 Å². The summed E-state index contributed by atoms with van der Waals surface area (Å²) in [6.07, 6.45) is -3.58. The lowest BCUT2D eigenvalue weighted by atomic mass is 10.1. The molecule has 13 nitrogen and oxygen atoms in total. The Kier molecular flexibility index (Phi) is 8.26. The molecule has 0 aliphatic carbocycles. The molecule has 2 heterocycles. The predicted octanol–water partition coefficient (Wildman–Crippen LogP) is -3.66. The van der Waals surface area contributed by atoms with E-state index in [1.807, 2.05) is 4.98 Å². The number of H-pyrrole nitrogens is 1. The lowest BCUT2D eigenvalue weighted by Crippen LogP contribution is -2.41. The summed E-state index contributed by atoms with van der Waals surface area (Å²) in [5.41, 5.74) is -1.33. The Bertz CT molecular complexity index is 798. The summed E-state index contributed by atoms with van der Waals surface area (Å²) in [5, 5.41) is 37.0. The molecule has 0 spiro atoms. The van der Waals surface area contributed by atoms with Crippen molar-refractivity contribution < 1.29 is 44.0 Å². The molecule has 1 aliphatic heterocycles. The van der Waals surface area contributed by atoms with Gasteiger partial charge in [-0.3, -0.25) is 18.9 Å². The number of nitrogens with one attached hydrogen (secondary N) is 1. The number of aliphatic hydroxyl groups is 4. The number of aliphatic hydroxyl groups excluding tert-OH is 4. The van der Waals surface area contributed by atoms with Gasteiger partial charge in [0.2, 0.25) is 5.85 Å². The molecule has 0 amide bonds. The van der Waals surface area contributed by atoms with Crippen molar-refractivity contribution in [2.75, 3.05) is 34.3 Å². The van der Waals surface area contributed by atoms with E-state index in [9.17, 15) is 24.4 Å². The van der Waals surface area contributed by atoms with Gasteiger partial charge >= 0.3 is 13.3 Å². The van der Waals surface area contributed by atoms with Crippen LogP contribution in [0.3, 0.4) is 0 Å². The number of hydrogen-bond donors (Lipinski definition) is 7. The Morgan fingerprint density at radius 1 is 1.25 bits per heavy atom. The average molecular weight is 428 g/mol. The highest BCUT2D eigenvalue weighted by molar-refractivity contribution is 7.52. The second kappa shape index (κ2) is 9.39. The van der Waals surface area contributed by atoms with Crippen LogP contribution < -0.4 is 11.2 Å². The zero-order chi connectivity index (χ0) is 21.9. The summed E-state index contributed by atoms with van der Waals surface area (Å²) in [4.78, 5) is 41.3. The van der Waals surface area contributed by atoms with E-state index in [4.69, 9.17) is 24.7 Å². The third-order valence-corrected chi connectivity index (χ3v) is 4.68. The number of likely N-dealkylation sites (N-methyl/N-ethyl adjacent to an activating group) is 1. The van der Waals surface area contributed by atoms with Crippen molar-refractivity contribution in [2.24, 2.45) is 0 Å². The SMILES string of the molecule is C[N+](C)(C)CC(O)P(=O)(O)O.O=c1ccn([C@@H]2O[C@H](CO)[C@@H](O)[C@H]2O)c(=O)[nH]1. The molecular weight excluding hydrogens is 401 g/mol. The molecule has 2 rings (SSSR count). The number of aromatic nitrogens is 2. The molecule has 7 N–H and O–H groups in total. The second-order valence-electron chi connectivity index (χ2n) is 7.29. The Balaban J connectivity index is 0.000000311. The van der Waals surface area contributed by atoms with Crippen molar-refractivity contribution in [3.8, 4) is 0 Å². The van der Waals surface area contributed by atoms with Crippen molar-refractivity contribution in [3.05, 3.63) is 33.1 Å². The monoisotopic (exact) mass is 428 g/mol. The van der Waals surface area contributed by atoms with Gasteiger partial charge < -0.3 is 39.4 Å². The molecule has 1 aromatic rings. The molecule has 0 bridgehead atoms. The maximum atomic E-state index is 11.4. The van der Waals surface area contributed by atoms with Crippen LogP contribution in [0.5, 0.6) is 0 Å². The standard InChI is InChI=1S/C9H12N2O6.C5H14NO4P/c12-3-4-6(14)7(15)8(17-4)11-2-1-5(13)10-9(11)16;1-6(2,3)4-5(7)11(8,9)10/h1-2,4,6-8,12,14-15H,3H2,(H,10,13,16);5,7H,4H2,1-3H3,(H-,8,9,10)/p+1/t4-,6-,7-,8-;/m1./s1. The number of nitrogens with zero attached hydrogens (tertiary/aromatic N) is 2. The first-order chi connectivity index (χ1) is 12.7. The van der Waals surface area contributed by atoms with Crippen molar-refractivity contribution in [1.82, 2.24) is 9.55 Å². The predicted molar refractivity (Wildman–Crippen MR) is 95.3 cm³/mol. The maximum Gasteiger partial charge on any atom is 0.359 e. The van der Waals surface area contributed by atoms with Gasteiger partial charge in [0.25, 0.3) is 5.56 Å². The minimum absolute atomic E-state index is 0.0459. The molecule has 162 valence electrons. The Hall–Kier alpha value is -1.41. The molecule has 1 fully saturated rings. The topological polar surface area (TPSA) is 203 Å². The highest BCUT2D eigenvalue weighted by Crippen LogP contribution is 2.39. The van der Waals surface area contributed by atoms with E-state index in [1.165, 1.54) is 0 Å². The van der Waals surface area contributed by atoms with Crippen LogP contribution in [0, 0.1) is 0 Å². The molecule has 0 aromatic carbocycles. The lowest BCUT2D eigenvalue weighted by Gasteiger charge is -2.26. The van der Waals surface area contributed by atoms with Crippen molar-refractivity contribution in [2.45, 2.75) is 30.4 Å². The average Bonchev–Trinajstić information content (AvgIpc) is 2.81. The molecule has 1 aliphatic rings. The third kappa shape index (κ3) is 6.88. The molecule has 5 atom stereocenters. The summed E-state index contributed by atoms with van der Waals surface area (Å²) < 4.78 is 16.9. The van der Waals surface area contributed by atoms with Crippen LogP contribution in [-0.4, -0.2) is 103 Å². The van der Waals surface area contributed by atoms with E-state index in [2.05, 4.69) is 0 Å². The van der Waals surface area contributed by atoms with Crippen LogP contribution in [0.1, 0.15) is 6.23 Å². The van der Waals surface area contributed by atoms with Gasteiger partial charge in [0.1, 0.15) is 24.9 Å². The van der Waals surface area contributed by atoms with E-state index in [1.54, 1.807) is 21.1 Å². The Labute approximate surface area is 159 Å². The largest absolute Gasteiger partial charge is 0.394 e. The minimum atomic E-state index is -4.31. The zero-order valence-electron chi connectivity index (χ0n) is 15.6. The summed E-state index contributed by atoms with van der Waals surface area (Å²) in [6, 6.07) is 1.09. The number of quaternary nitrogens is 1. The van der Waals surface area contributed by atoms with E-state index in [0.29, 0.717) is 4.48 Å². The van der Waals surface area contributed by atoms with E-state index in [0.717, 1.165) is 16.8 Å². The fourth-order valence-corrected chi connectivity index (χ4v) is 3.04. The van der Waals surface area contributed by atoms with Crippen LogP contribution in [0.2, 0.25) is 0 Å². The van der Waals surface area contributed by atoms with Crippen LogP contribution in [0.15, 0.2) is 21.9 Å². The number of ether oxygens (including phenoxy) is 1. The molecular formula is C14H27N3O10P+. The van der Waals surface area contributed by atoms with Gasteiger partial charge in [0, 0.05) is 12.3 Å². The molecule has 14 heteroatoms. The molecule has 0 saturated carbocycles. The maximum absolute atomic E-state index is 11.4. The van der Waals surface area contributed by atoms with Gasteiger partial charge in [-0.2, -0.15) is 0 Å². The Morgan fingerprint density at radius 3 is 2.18 bits per heavy atom. The molecule has 0 radical (unpaired) electrons. The summed E-state index contributed by atoms with van der Waals surface area (Å²) in [7, 11) is 0.933. The highest BCUT2D eigenvalue weighted by atomic mass is 31.2. The highest BCUT2D eigenvalue weighted by Gasteiger charge is 2.43. The van der Waals surface area contributed by atoms with Crippen LogP contribution in [-0.2, 0) is 9.30 Å². The van der Waals surface area contributed by atoms with E-state index < -0.39 is 55.8 Å². The summed E-state index contributed by atoms with van der Waals surface area (Å²) in [5.74, 6) is -1.55. The normalized spacial score (nSPS) is 26.5. The lowest BCUT2D eigenvalue weighted by molar-refractivity contribution is -0.872. The van der Waals surface area contributed by atoms with Gasteiger partial charge in [-0.15, -0.1) is 0 Å². The molecule has 1 saturated heterocycles. The smallest absolute Gasteiger partial charge is 0.359 e. The summed E-state index contributed by atoms with van der Waals surface area (Å²) >= 11 is 0. The van der Waals surface area contributed by atoms with Crippen LogP contribution >= 0.6 is 7.60 Å². The van der Waals surface area contributed by atoms with Crippen LogP contribution in [0.4, 0.5) is 0 Å². The first-order valence-electron chi connectivity index (χ1n) is 8.15. The first kappa shape index (κ1) is 24.6. The molecule has 28 heavy (non-hydrogen) atoms. The second-order valence-corrected chi connectivity index (χ2v) is 9.06. The van der Waals surface area contributed by atoms with Crippen LogP contribution in [0.25, 0.3) is 0 Å². The minimum Gasteiger partial charge on any atom is -0.394 e. The third-order valence-electron chi connectivity index (χ3n) is 3.74. The Morgan fingerprint density at radius 2 is 1.82 bits per heavy atom. The van der Waals surface area contributed by atoms with Gasteiger partial charge in [0.05, 0.1) is 27.7 Å².